The van der Waals surface area contributed by atoms with E-state index >= 15 is 0 Å². The first kappa shape index (κ1) is 20.9. The van der Waals surface area contributed by atoms with Gasteiger partial charge in [0.05, 0.1) is 5.75 Å². The minimum atomic E-state index is -0.282. The second kappa shape index (κ2) is 10.1. The van der Waals surface area contributed by atoms with Crippen molar-refractivity contribution in [3.05, 3.63) is 47.2 Å². The van der Waals surface area contributed by atoms with Crippen LogP contribution in [-0.2, 0) is 11.3 Å². The maximum atomic E-state index is 12.2. The average molecular weight is 465 g/mol. The van der Waals surface area contributed by atoms with Crippen molar-refractivity contribution in [3.63, 3.8) is 0 Å². The molecule has 1 aliphatic rings. The van der Waals surface area contributed by atoms with Crippen molar-refractivity contribution < 1.29 is 9.53 Å². The summed E-state index contributed by atoms with van der Waals surface area (Å²) in [4.78, 5) is 12.2. The Morgan fingerprint density at radius 1 is 1.39 bits per heavy atom. The lowest BCUT2D eigenvalue weighted by Crippen LogP contribution is -2.33. The number of nitrogens with one attached hydrogen (secondary N) is 1. The highest BCUT2D eigenvalue weighted by Crippen LogP contribution is 2.26. The highest BCUT2D eigenvalue weighted by molar-refractivity contribution is 9.10. The van der Waals surface area contributed by atoms with Gasteiger partial charge in [-0.15, -0.1) is 16.8 Å². The average Bonchev–Trinajstić information content (AvgIpc) is 3.32. The number of hydrogen-bond donors (Lipinski definition) is 1. The molecule has 8 heteroatoms. The molecule has 28 heavy (non-hydrogen) atoms. The van der Waals surface area contributed by atoms with Gasteiger partial charge in [0, 0.05) is 17.1 Å². The number of hydrogen-bond acceptors (Lipinski definition) is 5. The molecular weight excluding hydrogens is 440 g/mol. The molecule has 2 aromatic rings. The van der Waals surface area contributed by atoms with Crippen LogP contribution in [0.5, 0.6) is 5.75 Å². The SMILES string of the molecule is C=CCn1c(SCC(=O)NC2CCCC2)nnc1C(C)Oc1ccc(Br)cc1. The quantitative estimate of drug-likeness (QED) is 0.436. The van der Waals surface area contributed by atoms with Gasteiger partial charge in [0.15, 0.2) is 17.1 Å². The van der Waals surface area contributed by atoms with Gasteiger partial charge in [-0.3, -0.25) is 9.36 Å². The Morgan fingerprint density at radius 3 is 2.79 bits per heavy atom. The Balaban J connectivity index is 1.63. The second-order valence-electron chi connectivity index (χ2n) is 6.79. The fourth-order valence-electron chi connectivity index (χ4n) is 3.25. The third kappa shape index (κ3) is 5.61. The van der Waals surface area contributed by atoms with E-state index in [1.54, 1.807) is 6.08 Å². The molecule has 0 aliphatic heterocycles. The van der Waals surface area contributed by atoms with Gasteiger partial charge >= 0.3 is 0 Å². The van der Waals surface area contributed by atoms with E-state index in [2.05, 4.69) is 38.0 Å². The van der Waals surface area contributed by atoms with Crippen LogP contribution in [0.3, 0.4) is 0 Å². The van der Waals surface area contributed by atoms with Crippen molar-refractivity contribution in [1.82, 2.24) is 20.1 Å². The Morgan fingerprint density at radius 2 is 2.11 bits per heavy atom. The van der Waals surface area contributed by atoms with Crippen LogP contribution in [0.15, 0.2) is 46.5 Å². The predicted octanol–water partition coefficient (Wildman–Crippen LogP) is 4.52. The number of amides is 1. The van der Waals surface area contributed by atoms with Gasteiger partial charge < -0.3 is 10.1 Å². The zero-order chi connectivity index (χ0) is 19.9. The van der Waals surface area contributed by atoms with E-state index in [0.717, 1.165) is 23.1 Å². The first-order valence-electron chi connectivity index (χ1n) is 9.45. The van der Waals surface area contributed by atoms with Crippen molar-refractivity contribution in [2.24, 2.45) is 0 Å². The summed E-state index contributed by atoms with van der Waals surface area (Å²) < 4.78 is 8.95. The molecule has 150 valence electrons. The van der Waals surface area contributed by atoms with Crippen LogP contribution in [0.4, 0.5) is 0 Å². The summed E-state index contributed by atoms with van der Waals surface area (Å²) in [5.74, 6) is 1.84. The number of allylic oxidation sites excluding steroid dienone is 1. The van der Waals surface area contributed by atoms with E-state index in [1.807, 2.05) is 35.8 Å². The Kier molecular flexibility index (Phi) is 7.56. The molecule has 6 nitrogen and oxygen atoms in total. The number of aromatic nitrogens is 3. The van der Waals surface area contributed by atoms with Crippen molar-refractivity contribution in [1.29, 1.82) is 0 Å². The second-order valence-corrected chi connectivity index (χ2v) is 8.65. The highest BCUT2D eigenvalue weighted by atomic mass is 79.9. The van der Waals surface area contributed by atoms with Crippen LogP contribution in [0.25, 0.3) is 0 Å². The first-order chi connectivity index (χ1) is 13.6. The van der Waals surface area contributed by atoms with Gasteiger partial charge in [-0.1, -0.05) is 46.6 Å². The van der Waals surface area contributed by atoms with Crippen LogP contribution >= 0.6 is 27.7 Å². The number of benzene rings is 1. The lowest BCUT2D eigenvalue weighted by Gasteiger charge is -2.16. The minimum Gasteiger partial charge on any atom is -0.483 e. The van der Waals surface area contributed by atoms with E-state index in [1.165, 1.54) is 24.6 Å². The minimum absolute atomic E-state index is 0.0470. The van der Waals surface area contributed by atoms with Crippen molar-refractivity contribution in [2.45, 2.75) is 56.5 Å². The van der Waals surface area contributed by atoms with E-state index < -0.39 is 0 Å². The van der Waals surface area contributed by atoms with Gasteiger partial charge in [0.25, 0.3) is 0 Å². The molecule has 1 saturated carbocycles. The standard InChI is InChI=1S/C20H25BrN4O2S/c1-3-12-25-19(14(2)27-17-10-8-15(21)9-11-17)23-24-20(25)28-13-18(26)22-16-6-4-5-7-16/h3,8-11,14,16H,1,4-7,12-13H2,2H3,(H,22,26). The largest absolute Gasteiger partial charge is 0.483 e. The monoisotopic (exact) mass is 464 g/mol. The predicted molar refractivity (Wildman–Crippen MR) is 115 cm³/mol. The fraction of sp³-hybridized carbons (Fsp3) is 0.450. The third-order valence-electron chi connectivity index (χ3n) is 4.60. The molecule has 0 saturated heterocycles. The van der Waals surface area contributed by atoms with Gasteiger partial charge in [0.2, 0.25) is 5.91 Å². The molecule has 1 aromatic carbocycles. The number of halogens is 1. The summed E-state index contributed by atoms with van der Waals surface area (Å²) in [5.41, 5.74) is 0. The number of ether oxygens (including phenoxy) is 1. The summed E-state index contributed by atoms with van der Waals surface area (Å²) in [6.45, 7) is 6.32. The fourth-order valence-corrected chi connectivity index (χ4v) is 4.28. The Labute approximate surface area is 178 Å². The lowest BCUT2D eigenvalue weighted by molar-refractivity contribution is -0.119. The van der Waals surface area contributed by atoms with Gasteiger partial charge in [0.1, 0.15) is 5.75 Å². The molecule has 3 rings (SSSR count). The zero-order valence-electron chi connectivity index (χ0n) is 15.9. The normalized spacial score (nSPS) is 15.4. The first-order valence-corrected chi connectivity index (χ1v) is 11.2. The smallest absolute Gasteiger partial charge is 0.230 e. The number of carbonyl (C=O) groups is 1. The molecule has 1 heterocycles. The molecule has 0 spiro atoms. The van der Waals surface area contributed by atoms with Crippen LogP contribution < -0.4 is 10.1 Å². The van der Waals surface area contributed by atoms with Crippen LogP contribution in [0.1, 0.15) is 44.5 Å². The summed E-state index contributed by atoms with van der Waals surface area (Å²) >= 11 is 4.81. The van der Waals surface area contributed by atoms with E-state index in [0.29, 0.717) is 29.3 Å². The lowest BCUT2D eigenvalue weighted by atomic mass is 10.2. The van der Waals surface area contributed by atoms with Gasteiger partial charge in [-0.2, -0.15) is 0 Å². The van der Waals surface area contributed by atoms with Gasteiger partial charge in [-0.25, -0.2) is 0 Å². The van der Waals surface area contributed by atoms with Crippen molar-refractivity contribution in [2.75, 3.05) is 5.75 Å². The molecule has 1 unspecified atom stereocenters. The maximum Gasteiger partial charge on any atom is 0.230 e. The van der Waals surface area contributed by atoms with E-state index in [9.17, 15) is 4.79 Å². The van der Waals surface area contributed by atoms with Crippen LogP contribution in [-0.4, -0.2) is 32.5 Å². The molecule has 0 radical (unpaired) electrons. The molecule has 1 aliphatic carbocycles. The van der Waals surface area contributed by atoms with Gasteiger partial charge in [-0.05, 0) is 44.0 Å². The van der Waals surface area contributed by atoms with Crippen molar-refractivity contribution in [3.8, 4) is 5.75 Å². The highest BCUT2D eigenvalue weighted by Gasteiger charge is 2.21. The Hall–Kier alpha value is -1.80. The number of rotatable bonds is 9. The van der Waals surface area contributed by atoms with Crippen LogP contribution in [0.2, 0.25) is 0 Å². The Bertz CT molecular complexity index is 803. The van der Waals surface area contributed by atoms with E-state index in [-0.39, 0.29) is 12.0 Å². The number of nitrogens with zero attached hydrogens (tertiary/aromatic N) is 3. The molecule has 1 fully saturated rings. The molecule has 0 bridgehead atoms. The molecule has 1 N–H and O–H groups in total. The number of carbonyl (C=O) groups excluding carboxylic acids is 1. The van der Waals surface area contributed by atoms with Crippen molar-refractivity contribution >= 4 is 33.6 Å². The maximum absolute atomic E-state index is 12.2. The molecule has 1 atom stereocenters. The molecular formula is C20H25BrN4O2S. The summed E-state index contributed by atoms with van der Waals surface area (Å²) in [5, 5.41) is 12.4. The summed E-state index contributed by atoms with van der Waals surface area (Å²) in [7, 11) is 0. The zero-order valence-corrected chi connectivity index (χ0v) is 18.3. The molecule has 1 aromatic heterocycles. The summed E-state index contributed by atoms with van der Waals surface area (Å²) in [6, 6.07) is 7.99. The topological polar surface area (TPSA) is 69.0 Å². The summed E-state index contributed by atoms with van der Waals surface area (Å²) in [6.07, 6.45) is 6.07. The van der Waals surface area contributed by atoms with Crippen LogP contribution in [0, 0.1) is 0 Å². The third-order valence-corrected chi connectivity index (χ3v) is 6.10. The van der Waals surface area contributed by atoms with E-state index in [4.69, 9.17) is 4.74 Å². The number of thioether (sulfide) groups is 1. The molecule has 1 amide bonds.